The minimum Gasteiger partial charge on any atom is -0.496 e. The third-order valence-electron chi connectivity index (χ3n) is 2.09. The first-order chi connectivity index (χ1) is 7.31. The smallest absolute Gasteiger partial charge is 0.0952 e. The van der Waals surface area contributed by atoms with Gasteiger partial charge in [-0.25, -0.2) is 0 Å². The first-order valence-electron chi connectivity index (χ1n) is 6.36. The van der Waals surface area contributed by atoms with E-state index in [-0.39, 0.29) is 12.2 Å². The summed E-state index contributed by atoms with van der Waals surface area (Å²) < 4.78 is 5.71. The molecule has 0 spiro atoms. The number of ether oxygens (including phenoxy) is 1. The molecule has 0 heterocycles. The fourth-order valence-corrected chi connectivity index (χ4v) is 1.63. The van der Waals surface area contributed by atoms with E-state index in [9.17, 15) is 5.11 Å². The van der Waals surface area contributed by atoms with Gasteiger partial charge in [-0.15, -0.1) is 0 Å². The summed E-state index contributed by atoms with van der Waals surface area (Å²) in [5.41, 5.74) is 0. The molecule has 0 aliphatic carbocycles. The standard InChI is InChI=1S/C14H28O2/c1-10(2)7-13(15)9-14(8-11(3)4)16-12(5)6/h9-13,15H,7-8H2,1-6H3/b14-9-. The van der Waals surface area contributed by atoms with E-state index in [0.29, 0.717) is 11.8 Å². The van der Waals surface area contributed by atoms with Gasteiger partial charge in [0.25, 0.3) is 0 Å². The number of aliphatic hydroxyl groups excluding tert-OH is 1. The second-order valence-corrected chi connectivity index (χ2v) is 5.59. The summed E-state index contributed by atoms with van der Waals surface area (Å²) in [6, 6.07) is 0. The molecular formula is C14H28O2. The molecule has 96 valence electrons. The number of aliphatic hydroxyl groups is 1. The highest BCUT2D eigenvalue weighted by atomic mass is 16.5. The van der Waals surface area contributed by atoms with Crippen LogP contribution in [-0.2, 0) is 4.74 Å². The van der Waals surface area contributed by atoms with Gasteiger partial charge in [-0.05, 0) is 38.2 Å². The molecule has 0 aliphatic heterocycles. The van der Waals surface area contributed by atoms with E-state index in [4.69, 9.17) is 4.74 Å². The second kappa shape index (κ2) is 7.72. The number of hydrogen-bond acceptors (Lipinski definition) is 2. The first kappa shape index (κ1) is 15.5. The summed E-state index contributed by atoms with van der Waals surface area (Å²) in [6.07, 6.45) is 3.36. The molecule has 0 aromatic heterocycles. The summed E-state index contributed by atoms with van der Waals surface area (Å²) in [5.74, 6) is 1.99. The molecule has 1 atom stereocenters. The van der Waals surface area contributed by atoms with Crippen LogP contribution in [0, 0.1) is 11.8 Å². The minimum absolute atomic E-state index is 0.177. The van der Waals surface area contributed by atoms with Crippen molar-refractivity contribution < 1.29 is 9.84 Å². The largest absolute Gasteiger partial charge is 0.496 e. The maximum atomic E-state index is 9.86. The van der Waals surface area contributed by atoms with Crippen LogP contribution in [0.15, 0.2) is 11.8 Å². The van der Waals surface area contributed by atoms with Gasteiger partial charge in [0.05, 0.1) is 18.0 Å². The van der Waals surface area contributed by atoms with E-state index < -0.39 is 0 Å². The van der Waals surface area contributed by atoms with E-state index in [2.05, 4.69) is 27.7 Å². The quantitative estimate of drug-likeness (QED) is 0.672. The number of hydrogen-bond donors (Lipinski definition) is 1. The van der Waals surface area contributed by atoms with Crippen LogP contribution in [0.5, 0.6) is 0 Å². The zero-order chi connectivity index (χ0) is 12.7. The van der Waals surface area contributed by atoms with Crippen LogP contribution in [0.2, 0.25) is 0 Å². The van der Waals surface area contributed by atoms with Crippen molar-refractivity contribution in [2.45, 2.75) is 66.6 Å². The Hall–Kier alpha value is -0.500. The Morgan fingerprint density at radius 1 is 1.06 bits per heavy atom. The summed E-state index contributed by atoms with van der Waals surface area (Å²) in [7, 11) is 0. The van der Waals surface area contributed by atoms with E-state index in [1.165, 1.54) is 0 Å². The lowest BCUT2D eigenvalue weighted by Crippen LogP contribution is -2.11. The van der Waals surface area contributed by atoms with Gasteiger partial charge in [0, 0.05) is 6.42 Å². The monoisotopic (exact) mass is 228 g/mol. The Labute approximate surface area is 101 Å². The lowest BCUT2D eigenvalue weighted by atomic mass is 10.0. The molecule has 2 nitrogen and oxygen atoms in total. The topological polar surface area (TPSA) is 29.5 Å². The first-order valence-corrected chi connectivity index (χ1v) is 6.36. The molecule has 0 rings (SSSR count). The van der Waals surface area contributed by atoms with E-state index in [1.54, 1.807) is 0 Å². The molecule has 0 aromatic carbocycles. The Morgan fingerprint density at radius 2 is 1.62 bits per heavy atom. The van der Waals surface area contributed by atoms with Gasteiger partial charge in [-0.1, -0.05) is 27.7 Å². The summed E-state index contributed by atoms with van der Waals surface area (Å²) in [5, 5.41) is 9.86. The third-order valence-corrected chi connectivity index (χ3v) is 2.09. The van der Waals surface area contributed by atoms with Gasteiger partial charge in [-0.3, -0.25) is 0 Å². The Morgan fingerprint density at radius 3 is 2.00 bits per heavy atom. The summed E-state index contributed by atoms with van der Waals surface area (Å²) >= 11 is 0. The predicted molar refractivity (Wildman–Crippen MR) is 69.2 cm³/mol. The average molecular weight is 228 g/mol. The Kier molecular flexibility index (Phi) is 7.48. The van der Waals surface area contributed by atoms with Crippen molar-refractivity contribution in [3.05, 3.63) is 11.8 Å². The molecular weight excluding hydrogens is 200 g/mol. The number of allylic oxidation sites excluding steroid dienone is 1. The molecule has 2 heteroatoms. The Bertz CT molecular complexity index is 193. The molecule has 0 bridgehead atoms. The maximum Gasteiger partial charge on any atom is 0.0952 e. The van der Waals surface area contributed by atoms with Gasteiger partial charge in [0.15, 0.2) is 0 Å². The van der Waals surface area contributed by atoms with E-state index in [0.717, 1.165) is 18.6 Å². The lowest BCUT2D eigenvalue weighted by molar-refractivity contribution is 0.123. The van der Waals surface area contributed by atoms with Crippen LogP contribution in [0.4, 0.5) is 0 Å². The lowest BCUT2D eigenvalue weighted by Gasteiger charge is -2.18. The SMILES string of the molecule is CC(C)C/C(=C/C(O)CC(C)C)OC(C)C. The summed E-state index contributed by atoms with van der Waals surface area (Å²) in [4.78, 5) is 0. The molecule has 1 N–H and O–H groups in total. The second-order valence-electron chi connectivity index (χ2n) is 5.59. The van der Waals surface area contributed by atoms with Crippen LogP contribution in [0.25, 0.3) is 0 Å². The van der Waals surface area contributed by atoms with Crippen molar-refractivity contribution in [2.24, 2.45) is 11.8 Å². The molecule has 0 amide bonds. The molecule has 0 aromatic rings. The van der Waals surface area contributed by atoms with Gasteiger partial charge < -0.3 is 9.84 Å². The Balaban J connectivity index is 4.40. The summed E-state index contributed by atoms with van der Waals surface area (Å²) in [6.45, 7) is 12.6. The van der Waals surface area contributed by atoms with Crippen molar-refractivity contribution >= 4 is 0 Å². The molecule has 0 fully saturated rings. The zero-order valence-corrected chi connectivity index (χ0v) is 11.7. The van der Waals surface area contributed by atoms with E-state index in [1.807, 2.05) is 19.9 Å². The fourth-order valence-electron chi connectivity index (χ4n) is 1.63. The molecule has 0 aliphatic rings. The molecule has 0 radical (unpaired) electrons. The van der Waals surface area contributed by atoms with Crippen LogP contribution in [-0.4, -0.2) is 17.3 Å². The highest BCUT2D eigenvalue weighted by Gasteiger charge is 2.10. The minimum atomic E-state index is -0.382. The van der Waals surface area contributed by atoms with Crippen LogP contribution >= 0.6 is 0 Å². The van der Waals surface area contributed by atoms with Crippen molar-refractivity contribution in [2.75, 3.05) is 0 Å². The molecule has 0 saturated heterocycles. The van der Waals surface area contributed by atoms with Gasteiger partial charge in [-0.2, -0.15) is 0 Å². The van der Waals surface area contributed by atoms with Crippen LogP contribution < -0.4 is 0 Å². The van der Waals surface area contributed by atoms with Gasteiger partial charge >= 0.3 is 0 Å². The predicted octanol–water partition coefficient (Wildman–Crippen LogP) is 3.75. The maximum absolute atomic E-state index is 9.86. The highest BCUT2D eigenvalue weighted by Crippen LogP contribution is 2.17. The fraction of sp³-hybridized carbons (Fsp3) is 0.857. The van der Waals surface area contributed by atoms with Crippen molar-refractivity contribution in [3.63, 3.8) is 0 Å². The van der Waals surface area contributed by atoms with Crippen LogP contribution in [0.1, 0.15) is 54.4 Å². The van der Waals surface area contributed by atoms with Crippen molar-refractivity contribution in [1.29, 1.82) is 0 Å². The highest BCUT2D eigenvalue weighted by molar-refractivity contribution is 4.99. The van der Waals surface area contributed by atoms with Gasteiger partial charge in [0.2, 0.25) is 0 Å². The van der Waals surface area contributed by atoms with E-state index >= 15 is 0 Å². The molecule has 1 unspecified atom stereocenters. The average Bonchev–Trinajstić information content (AvgIpc) is 1.97. The number of rotatable bonds is 7. The molecule has 16 heavy (non-hydrogen) atoms. The van der Waals surface area contributed by atoms with Gasteiger partial charge in [0.1, 0.15) is 0 Å². The third kappa shape index (κ3) is 8.78. The van der Waals surface area contributed by atoms with Crippen molar-refractivity contribution in [3.8, 4) is 0 Å². The normalized spacial score (nSPS) is 15.0. The van der Waals surface area contributed by atoms with Crippen molar-refractivity contribution in [1.82, 2.24) is 0 Å². The van der Waals surface area contributed by atoms with Crippen LogP contribution in [0.3, 0.4) is 0 Å². The zero-order valence-electron chi connectivity index (χ0n) is 11.7. The molecule has 0 saturated carbocycles.